The van der Waals surface area contributed by atoms with Crippen LogP contribution in [0.15, 0.2) is 36.3 Å². The smallest absolute Gasteiger partial charge is 0.225 e. The summed E-state index contributed by atoms with van der Waals surface area (Å²) in [7, 11) is 1.61. The van der Waals surface area contributed by atoms with E-state index in [2.05, 4.69) is 16.4 Å². The Kier molecular flexibility index (Phi) is 5.79. The van der Waals surface area contributed by atoms with Gasteiger partial charge in [-0.3, -0.25) is 4.79 Å². The first-order valence-electron chi connectivity index (χ1n) is 11.4. The summed E-state index contributed by atoms with van der Waals surface area (Å²) < 4.78 is 5.06. The quantitative estimate of drug-likeness (QED) is 0.709. The number of hydrogen-bond acceptors (Lipinski definition) is 8. The molecule has 1 amide bonds. The van der Waals surface area contributed by atoms with E-state index >= 15 is 0 Å². The molecule has 172 valence electrons. The van der Waals surface area contributed by atoms with Crippen LogP contribution >= 0.6 is 0 Å². The first-order valence-corrected chi connectivity index (χ1v) is 11.4. The molecule has 1 atom stereocenters. The number of amides is 1. The third-order valence-corrected chi connectivity index (χ3v) is 6.52. The molecule has 9 nitrogen and oxygen atoms in total. The largest absolute Gasteiger partial charge is 0.384 e. The van der Waals surface area contributed by atoms with Crippen LogP contribution in [0.2, 0.25) is 0 Å². The van der Waals surface area contributed by atoms with Crippen molar-refractivity contribution in [3.8, 4) is 6.07 Å². The zero-order valence-electron chi connectivity index (χ0n) is 19.0. The molecule has 1 aromatic rings. The van der Waals surface area contributed by atoms with Gasteiger partial charge in [0.15, 0.2) is 0 Å². The van der Waals surface area contributed by atoms with Gasteiger partial charge in [-0.2, -0.15) is 10.2 Å². The Bertz CT molecular complexity index is 1080. The molecule has 9 heteroatoms. The average Bonchev–Trinajstić information content (AvgIpc) is 3.57. The van der Waals surface area contributed by atoms with E-state index in [9.17, 15) is 10.1 Å². The number of allylic oxidation sites excluding steroid dienone is 3. The molecule has 33 heavy (non-hydrogen) atoms. The van der Waals surface area contributed by atoms with Crippen LogP contribution in [0.3, 0.4) is 0 Å². The molecule has 1 aromatic heterocycles. The molecule has 3 aliphatic heterocycles. The monoisotopic (exact) mass is 448 g/mol. The van der Waals surface area contributed by atoms with E-state index in [4.69, 9.17) is 14.7 Å². The number of anilines is 1. The number of nitriles is 1. The van der Waals surface area contributed by atoms with E-state index in [1.165, 1.54) is 0 Å². The maximum Gasteiger partial charge on any atom is 0.225 e. The Morgan fingerprint density at radius 1 is 1.39 bits per heavy atom. The van der Waals surface area contributed by atoms with Gasteiger partial charge in [-0.1, -0.05) is 6.08 Å². The van der Waals surface area contributed by atoms with Crippen LogP contribution in [0.5, 0.6) is 0 Å². The number of ether oxygens (including phenoxy) is 1. The molecule has 5 rings (SSSR count). The van der Waals surface area contributed by atoms with Gasteiger partial charge in [-0.15, -0.1) is 0 Å². The van der Waals surface area contributed by atoms with Crippen LogP contribution in [-0.4, -0.2) is 60.2 Å². The molecule has 0 bridgehead atoms. The second-order valence-electron chi connectivity index (χ2n) is 8.79. The molecule has 4 heterocycles. The predicted molar refractivity (Wildman–Crippen MR) is 122 cm³/mol. The highest BCUT2D eigenvalue weighted by Crippen LogP contribution is 2.45. The number of piperazine rings is 1. The molecular weight excluding hydrogens is 420 g/mol. The number of methoxy groups -OCH3 is 1. The Labute approximate surface area is 193 Å². The summed E-state index contributed by atoms with van der Waals surface area (Å²) in [6, 6.07) is 4.37. The molecule has 1 N–H and O–H groups in total. The number of hydrogen-bond donors (Lipinski definition) is 1. The van der Waals surface area contributed by atoms with Crippen molar-refractivity contribution in [3.63, 3.8) is 0 Å². The van der Waals surface area contributed by atoms with Crippen molar-refractivity contribution in [2.45, 2.75) is 38.1 Å². The van der Waals surface area contributed by atoms with Crippen LogP contribution in [0.1, 0.15) is 48.9 Å². The number of aromatic nitrogens is 1. The number of pyridine rings is 1. The van der Waals surface area contributed by atoms with Gasteiger partial charge in [0.05, 0.1) is 36.2 Å². The Balaban J connectivity index is 1.45. The minimum atomic E-state index is 0.0344. The predicted octanol–water partition coefficient (Wildman–Crippen LogP) is 2.41. The third-order valence-electron chi connectivity index (χ3n) is 6.52. The number of carbonyl (C=O) groups is 1. The van der Waals surface area contributed by atoms with Gasteiger partial charge in [-0.05, 0) is 31.9 Å². The normalized spacial score (nSPS) is 21.8. The van der Waals surface area contributed by atoms with Gasteiger partial charge in [0.25, 0.3) is 0 Å². The van der Waals surface area contributed by atoms with Gasteiger partial charge >= 0.3 is 0 Å². The second kappa shape index (κ2) is 8.89. The van der Waals surface area contributed by atoms with E-state index in [1.807, 2.05) is 42.4 Å². The molecule has 4 aliphatic rings. The lowest BCUT2D eigenvalue weighted by molar-refractivity contribution is -0.134. The summed E-state index contributed by atoms with van der Waals surface area (Å²) in [5, 5.41) is 11.7. The highest BCUT2D eigenvalue weighted by Gasteiger charge is 2.35. The molecule has 1 unspecified atom stereocenters. The van der Waals surface area contributed by atoms with E-state index in [0.717, 1.165) is 41.2 Å². The number of nitrogens with one attached hydrogen (secondary N) is 1. The summed E-state index contributed by atoms with van der Waals surface area (Å²) >= 11 is 0. The van der Waals surface area contributed by atoms with Gasteiger partial charge in [0, 0.05) is 56.0 Å². The molecule has 1 saturated heterocycles. The molecule has 1 aliphatic carbocycles. The van der Waals surface area contributed by atoms with Crippen molar-refractivity contribution in [2.24, 2.45) is 0 Å². The highest BCUT2D eigenvalue weighted by atomic mass is 16.8. The van der Waals surface area contributed by atoms with Crippen LogP contribution in [0.4, 0.5) is 5.82 Å². The van der Waals surface area contributed by atoms with Crippen LogP contribution < -0.4 is 10.4 Å². The first kappa shape index (κ1) is 21.5. The lowest BCUT2D eigenvalue weighted by Crippen LogP contribution is -2.54. The average molecular weight is 449 g/mol. The number of hydroxylamine groups is 3. The Hall–Kier alpha value is -3.35. The fraction of sp³-hybridized carbons (Fsp3) is 0.458. The number of carbonyl (C=O) groups excluding carboxylic acids is 1. The highest BCUT2D eigenvalue weighted by molar-refractivity contribution is 5.84. The summed E-state index contributed by atoms with van der Waals surface area (Å²) in [6.07, 6.45) is 10.2. The van der Waals surface area contributed by atoms with Crippen molar-refractivity contribution in [3.05, 3.63) is 53.1 Å². The van der Waals surface area contributed by atoms with Crippen molar-refractivity contribution in [2.75, 3.05) is 38.3 Å². The van der Waals surface area contributed by atoms with Gasteiger partial charge in [0.2, 0.25) is 5.91 Å². The van der Waals surface area contributed by atoms with Gasteiger partial charge < -0.3 is 14.5 Å². The minimum Gasteiger partial charge on any atom is -0.384 e. The Morgan fingerprint density at radius 2 is 2.24 bits per heavy atom. The molecule has 0 aromatic carbocycles. The molecule has 1 saturated carbocycles. The van der Waals surface area contributed by atoms with Crippen LogP contribution in [-0.2, 0) is 14.5 Å². The number of rotatable bonds is 6. The van der Waals surface area contributed by atoms with E-state index in [0.29, 0.717) is 44.1 Å². The molecular formula is C24H28N6O3. The van der Waals surface area contributed by atoms with E-state index in [1.54, 1.807) is 12.2 Å². The van der Waals surface area contributed by atoms with Crippen molar-refractivity contribution in [1.82, 2.24) is 20.4 Å². The minimum absolute atomic E-state index is 0.0344. The van der Waals surface area contributed by atoms with Gasteiger partial charge in [-0.25, -0.2) is 15.5 Å². The molecule has 2 fully saturated rings. The lowest BCUT2D eigenvalue weighted by atomic mass is 9.95. The third kappa shape index (κ3) is 4.08. The summed E-state index contributed by atoms with van der Waals surface area (Å²) in [6.45, 7) is 4.38. The standard InChI is InChI=1S/C24H28N6O3/c1-16-15-28(9-10-29(16)22(31)7-11-32-2)24-18(13-25)12-20(23(27-24)17-5-6-17)19-4-3-8-30-21(19)14-26-33-30/h3-4,8,12,14,16-17,26H,5-7,9-11,15H2,1-2H3. The molecule has 0 spiro atoms. The topological polar surface area (TPSA) is 94.0 Å². The maximum absolute atomic E-state index is 12.5. The van der Waals surface area contributed by atoms with Crippen molar-refractivity contribution < 1.29 is 14.5 Å². The first-order chi connectivity index (χ1) is 16.1. The Morgan fingerprint density at radius 3 is 2.97 bits per heavy atom. The SMILES string of the molecule is COCCC(=O)N1CCN(c2nc(C3CC3)c(C3=CC=CN4ONC=C34)cc2C#N)CC1C. The van der Waals surface area contributed by atoms with Crippen molar-refractivity contribution in [1.29, 1.82) is 5.26 Å². The number of nitrogens with zero attached hydrogens (tertiary/aromatic N) is 5. The molecule has 0 radical (unpaired) electrons. The fourth-order valence-electron chi connectivity index (χ4n) is 4.67. The summed E-state index contributed by atoms with van der Waals surface area (Å²) in [5.41, 5.74) is 7.24. The summed E-state index contributed by atoms with van der Waals surface area (Å²) in [5.74, 6) is 1.23. The second-order valence-corrected chi connectivity index (χ2v) is 8.79. The van der Waals surface area contributed by atoms with E-state index < -0.39 is 0 Å². The van der Waals surface area contributed by atoms with Crippen LogP contribution in [0.25, 0.3) is 5.57 Å². The van der Waals surface area contributed by atoms with Crippen molar-refractivity contribution >= 4 is 17.3 Å². The number of fused-ring (bicyclic) bond motifs is 1. The lowest BCUT2D eigenvalue weighted by Gasteiger charge is -2.41. The zero-order chi connectivity index (χ0) is 22.9. The van der Waals surface area contributed by atoms with E-state index in [-0.39, 0.29) is 11.9 Å². The summed E-state index contributed by atoms with van der Waals surface area (Å²) in [4.78, 5) is 27.1. The zero-order valence-corrected chi connectivity index (χ0v) is 19.0. The fourth-order valence-corrected chi connectivity index (χ4v) is 4.67. The van der Waals surface area contributed by atoms with Gasteiger partial charge in [0.1, 0.15) is 11.9 Å². The maximum atomic E-state index is 12.5. The van der Waals surface area contributed by atoms with Crippen LogP contribution in [0, 0.1) is 11.3 Å².